The van der Waals surface area contributed by atoms with E-state index in [1.165, 1.54) is 25.9 Å². The first-order valence-corrected chi connectivity index (χ1v) is 4.75. The van der Waals surface area contributed by atoms with E-state index >= 15 is 0 Å². The maximum absolute atomic E-state index is 3.97. The molecule has 0 radical (unpaired) electrons. The van der Waals surface area contributed by atoms with Crippen molar-refractivity contribution >= 4 is 0 Å². The fourth-order valence-corrected chi connectivity index (χ4v) is 1.79. The Morgan fingerprint density at radius 1 is 1.46 bits per heavy atom. The molecule has 72 valence electrons. The third kappa shape index (κ3) is 2.24. The lowest BCUT2D eigenvalue weighted by atomic mass is 9.94. The van der Waals surface area contributed by atoms with Crippen molar-refractivity contribution in [2.45, 2.75) is 19.3 Å². The number of piperidine rings is 1. The van der Waals surface area contributed by atoms with E-state index in [9.17, 15) is 0 Å². The lowest BCUT2D eigenvalue weighted by molar-refractivity contribution is 0.217. The molecule has 1 aromatic rings. The molecule has 2 rings (SSSR count). The van der Waals surface area contributed by atoms with E-state index in [0.29, 0.717) is 0 Å². The Labute approximate surface area is 77.5 Å². The zero-order chi connectivity index (χ0) is 9.10. The van der Waals surface area contributed by atoms with E-state index < -0.39 is 0 Å². The number of aromatic amines is 1. The number of nitrogens with zero attached hydrogens (tertiary/aromatic N) is 4. The normalized spacial score (nSPS) is 20.7. The van der Waals surface area contributed by atoms with Gasteiger partial charge < -0.3 is 4.90 Å². The minimum atomic E-state index is 0.744. The van der Waals surface area contributed by atoms with E-state index in [0.717, 1.165) is 18.2 Å². The number of nitrogens with one attached hydrogen (secondary N) is 1. The molecular weight excluding hydrogens is 166 g/mol. The molecule has 1 N–H and O–H groups in total. The Hall–Kier alpha value is -0.970. The monoisotopic (exact) mass is 181 g/mol. The molecule has 5 heteroatoms. The molecule has 0 aliphatic carbocycles. The van der Waals surface area contributed by atoms with Crippen molar-refractivity contribution in [2.24, 2.45) is 5.92 Å². The Morgan fingerprint density at radius 2 is 2.23 bits per heavy atom. The van der Waals surface area contributed by atoms with Crippen LogP contribution in [0, 0.1) is 5.92 Å². The quantitative estimate of drug-likeness (QED) is 0.702. The molecule has 0 saturated carbocycles. The minimum Gasteiger partial charge on any atom is -0.306 e. The maximum atomic E-state index is 3.97. The van der Waals surface area contributed by atoms with Gasteiger partial charge in [0, 0.05) is 6.42 Å². The standard InChI is InChI=1S/C8H15N5/c1-13-4-2-7(3-5-13)6-8-9-11-12-10-8/h7H,2-6H2,1H3,(H,9,10,11,12). The number of hydrogen-bond acceptors (Lipinski definition) is 4. The lowest BCUT2D eigenvalue weighted by Gasteiger charge is -2.27. The summed E-state index contributed by atoms with van der Waals surface area (Å²) in [7, 11) is 2.17. The summed E-state index contributed by atoms with van der Waals surface area (Å²) < 4.78 is 0. The van der Waals surface area contributed by atoms with Gasteiger partial charge in [0.15, 0.2) is 5.82 Å². The van der Waals surface area contributed by atoms with Gasteiger partial charge in [0.05, 0.1) is 0 Å². The third-order valence-corrected chi connectivity index (χ3v) is 2.70. The molecule has 1 fully saturated rings. The molecular formula is C8H15N5. The Kier molecular flexibility index (Phi) is 2.54. The first-order valence-electron chi connectivity index (χ1n) is 4.75. The SMILES string of the molecule is CN1CCC(Cc2nn[nH]n2)CC1. The minimum absolute atomic E-state index is 0.744. The molecule has 13 heavy (non-hydrogen) atoms. The largest absolute Gasteiger partial charge is 0.306 e. The van der Waals surface area contributed by atoms with Crippen LogP contribution in [-0.2, 0) is 6.42 Å². The van der Waals surface area contributed by atoms with Gasteiger partial charge in [-0.1, -0.05) is 5.21 Å². The van der Waals surface area contributed by atoms with Crippen LogP contribution in [0.2, 0.25) is 0 Å². The molecule has 0 unspecified atom stereocenters. The second-order valence-electron chi connectivity index (χ2n) is 3.78. The summed E-state index contributed by atoms with van der Waals surface area (Å²) in [5, 5.41) is 14.0. The predicted molar refractivity (Wildman–Crippen MR) is 48.1 cm³/mol. The van der Waals surface area contributed by atoms with Gasteiger partial charge in [-0.25, -0.2) is 0 Å². The van der Waals surface area contributed by atoms with Gasteiger partial charge in [0.25, 0.3) is 0 Å². The van der Waals surface area contributed by atoms with Crippen molar-refractivity contribution in [3.05, 3.63) is 5.82 Å². The maximum Gasteiger partial charge on any atom is 0.174 e. The van der Waals surface area contributed by atoms with Crippen LogP contribution in [0.5, 0.6) is 0 Å². The summed E-state index contributed by atoms with van der Waals surface area (Å²) in [6, 6.07) is 0. The van der Waals surface area contributed by atoms with Gasteiger partial charge in [-0.15, -0.1) is 10.2 Å². The van der Waals surface area contributed by atoms with E-state index in [2.05, 4.69) is 32.6 Å². The smallest absolute Gasteiger partial charge is 0.174 e. The first kappa shape index (κ1) is 8.62. The molecule has 1 aliphatic heterocycles. The number of likely N-dealkylation sites (tertiary alicyclic amines) is 1. The van der Waals surface area contributed by atoms with Gasteiger partial charge in [-0.2, -0.15) is 5.21 Å². The average Bonchev–Trinajstić information content (AvgIpc) is 2.62. The summed E-state index contributed by atoms with van der Waals surface area (Å²) in [6.45, 7) is 2.39. The Morgan fingerprint density at radius 3 is 2.85 bits per heavy atom. The van der Waals surface area contributed by atoms with Crippen molar-refractivity contribution in [1.82, 2.24) is 25.5 Å². The highest BCUT2D eigenvalue weighted by Crippen LogP contribution is 2.18. The zero-order valence-corrected chi connectivity index (χ0v) is 7.90. The molecule has 0 aromatic carbocycles. The fourth-order valence-electron chi connectivity index (χ4n) is 1.79. The number of H-pyrrole nitrogens is 1. The highest BCUT2D eigenvalue weighted by molar-refractivity contribution is 4.82. The van der Waals surface area contributed by atoms with Gasteiger partial charge in [0.1, 0.15) is 0 Å². The lowest BCUT2D eigenvalue weighted by Crippen LogP contribution is -2.31. The van der Waals surface area contributed by atoms with Crippen LogP contribution < -0.4 is 0 Å². The van der Waals surface area contributed by atoms with Crippen LogP contribution in [0.4, 0.5) is 0 Å². The fraction of sp³-hybridized carbons (Fsp3) is 0.875. The molecule has 0 bridgehead atoms. The molecule has 0 amide bonds. The van der Waals surface area contributed by atoms with E-state index in [-0.39, 0.29) is 0 Å². The third-order valence-electron chi connectivity index (χ3n) is 2.70. The van der Waals surface area contributed by atoms with Crippen LogP contribution in [0.25, 0.3) is 0 Å². The van der Waals surface area contributed by atoms with Gasteiger partial charge in [-0.3, -0.25) is 0 Å². The topological polar surface area (TPSA) is 57.7 Å². The number of rotatable bonds is 2. The van der Waals surface area contributed by atoms with Crippen LogP contribution in [0.1, 0.15) is 18.7 Å². The summed E-state index contributed by atoms with van der Waals surface area (Å²) in [4.78, 5) is 2.37. The summed E-state index contributed by atoms with van der Waals surface area (Å²) in [5.74, 6) is 1.60. The Balaban J connectivity index is 1.83. The van der Waals surface area contributed by atoms with Gasteiger partial charge in [-0.05, 0) is 38.9 Å². The Bertz CT molecular complexity index is 237. The number of aromatic nitrogens is 4. The number of hydrogen-bond donors (Lipinski definition) is 1. The van der Waals surface area contributed by atoms with Crippen molar-refractivity contribution in [3.63, 3.8) is 0 Å². The van der Waals surface area contributed by atoms with E-state index in [4.69, 9.17) is 0 Å². The molecule has 2 heterocycles. The van der Waals surface area contributed by atoms with Crippen molar-refractivity contribution in [3.8, 4) is 0 Å². The first-order chi connectivity index (χ1) is 6.34. The van der Waals surface area contributed by atoms with Crippen LogP contribution >= 0.6 is 0 Å². The molecule has 1 aromatic heterocycles. The molecule has 1 saturated heterocycles. The molecule has 0 spiro atoms. The van der Waals surface area contributed by atoms with Crippen molar-refractivity contribution < 1.29 is 0 Å². The summed E-state index contributed by atoms with van der Waals surface area (Å²) >= 11 is 0. The van der Waals surface area contributed by atoms with E-state index in [1.807, 2.05) is 0 Å². The second kappa shape index (κ2) is 3.83. The highest BCUT2D eigenvalue weighted by atomic mass is 15.5. The number of tetrazole rings is 1. The van der Waals surface area contributed by atoms with Crippen LogP contribution in [-0.4, -0.2) is 45.7 Å². The molecule has 0 atom stereocenters. The summed E-state index contributed by atoms with van der Waals surface area (Å²) in [5.41, 5.74) is 0. The van der Waals surface area contributed by atoms with Crippen molar-refractivity contribution in [1.29, 1.82) is 0 Å². The van der Waals surface area contributed by atoms with Gasteiger partial charge in [0.2, 0.25) is 0 Å². The average molecular weight is 181 g/mol. The van der Waals surface area contributed by atoms with Crippen LogP contribution in [0.15, 0.2) is 0 Å². The highest BCUT2D eigenvalue weighted by Gasteiger charge is 2.18. The summed E-state index contributed by atoms with van der Waals surface area (Å²) in [6.07, 6.45) is 3.49. The van der Waals surface area contributed by atoms with E-state index in [1.54, 1.807) is 0 Å². The zero-order valence-electron chi connectivity index (χ0n) is 7.90. The second-order valence-corrected chi connectivity index (χ2v) is 3.78. The van der Waals surface area contributed by atoms with Crippen LogP contribution in [0.3, 0.4) is 0 Å². The molecule has 5 nitrogen and oxygen atoms in total. The van der Waals surface area contributed by atoms with Crippen molar-refractivity contribution in [2.75, 3.05) is 20.1 Å². The predicted octanol–water partition coefficient (Wildman–Crippen LogP) is 0.0840. The van der Waals surface area contributed by atoms with Gasteiger partial charge >= 0.3 is 0 Å². The molecule has 1 aliphatic rings.